The molecule has 0 aliphatic carbocycles. The second-order valence-corrected chi connectivity index (χ2v) is 7.72. The van der Waals surface area contributed by atoms with E-state index in [0.717, 1.165) is 25.1 Å². The van der Waals surface area contributed by atoms with E-state index in [2.05, 4.69) is 12.2 Å². The van der Waals surface area contributed by atoms with E-state index >= 15 is 0 Å². The average Bonchev–Trinajstić information content (AvgIpc) is 2.72. The Hall–Kier alpha value is -0.780. The summed E-state index contributed by atoms with van der Waals surface area (Å²) in [4.78, 5) is 0. The minimum Gasteiger partial charge on any atom is -0.488 e. The zero-order valence-corrected chi connectivity index (χ0v) is 13.1. The summed E-state index contributed by atoms with van der Waals surface area (Å²) in [5.74, 6) is 0.852. The van der Waals surface area contributed by atoms with Crippen LogP contribution in [0, 0.1) is 0 Å². The molecule has 1 aromatic rings. The molecule has 1 atom stereocenters. The van der Waals surface area contributed by atoms with Crippen molar-refractivity contribution in [2.75, 3.05) is 18.1 Å². The number of nitrogens with one attached hydrogen (secondary N) is 1. The second-order valence-electron chi connectivity index (χ2n) is 5.08. The van der Waals surface area contributed by atoms with Gasteiger partial charge in [-0.2, -0.15) is 0 Å². The van der Waals surface area contributed by atoms with Crippen LogP contribution in [-0.4, -0.2) is 32.6 Å². The number of halogens is 1. The van der Waals surface area contributed by atoms with Gasteiger partial charge >= 0.3 is 0 Å². The standard InChI is InChI=1S/C14H20ClNO3S/c1-2-6-16-9-11-3-4-14(13(15)8-11)19-12-5-7-20(17,18)10-12/h3-4,8,12,16H,2,5-7,9-10H2,1H3. The molecule has 6 heteroatoms. The Labute approximate surface area is 125 Å². The third-order valence-electron chi connectivity index (χ3n) is 3.24. The molecule has 1 heterocycles. The Morgan fingerprint density at radius 1 is 1.45 bits per heavy atom. The molecule has 112 valence electrons. The van der Waals surface area contributed by atoms with Crippen molar-refractivity contribution in [2.45, 2.75) is 32.4 Å². The quantitative estimate of drug-likeness (QED) is 0.819. The molecular weight excluding hydrogens is 298 g/mol. The van der Waals surface area contributed by atoms with Crippen LogP contribution in [0.5, 0.6) is 5.75 Å². The van der Waals surface area contributed by atoms with Gasteiger partial charge in [0.05, 0.1) is 16.5 Å². The van der Waals surface area contributed by atoms with Crippen LogP contribution in [0.1, 0.15) is 25.3 Å². The van der Waals surface area contributed by atoms with Crippen LogP contribution in [-0.2, 0) is 16.4 Å². The molecule has 1 fully saturated rings. The molecule has 0 saturated carbocycles. The molecule has 0 radical (unpaired) electrons. The van der Waals surface area contributed by atoms with E-state index in [0.29, 0.717) is 17.2 Å². The highest BCUT2D eigenvalue weighted by atomic mass is 35.5. The smallest absolute Gasteiger partial charge is 0.154 e. The molecule has 1 aromatic carbocycles. The van der Waals surface area contributed by atoms with Crippen molar-refractivity contribution < 1.29 is 13.2 Å². The third-order valence-corrected chi connectivity index (χ3v) is 5.27. The van der Waals surface area contributed by atoms with Gasteiger partial charge in [0.1, 0.15) is 11.9 Å². The Morgan fingerprint density at radius 2 is 2.25 bits per heavy atom. The molecule has 4 nitrogen and oxygen atoms in total. The van der Waals surface area contributed by atoms with Crippen molar-refractivity contribution in [1.29, 1.82) is 0 Å². The van der Waals surface area contributed by atoms with Crippen LogP contribution in [0.3, 0.4) is 0 Å². The normalized spacial score (nSPS) is 21.0. The summed E-state index contributed by atoms with van der Waals surface area (Å²) in [5.41, 5.74) is 1.09. The predicted molar refractivity (Wildman–Crippen MR) is 81.1 cm³/mol. The summed E-state index contributed by atoms with van der Waals surface area (Å²) < 4.78 is 28.5. The highest BCUT2D eigenvalue weighted by molar-refractivity contribution is 7.91. The van der Waals surface area contributed by atoms with E-state index in [4.69, 9.17) is 16.3 Å². The number of ether oxygens (including phenoxy) is 1. The number of benzene rings is 1. The summed E-state index contributed by atoms with van der Waals surface area (Å²) in [6, 6.07) is 5.63. The molecule has 0 aromatic heterocycles. The minimum atomic E-state index is -2.93. The number of sulfone groups is 1. The van der Waals surface area contributed by atoms with E-state index in [1.165, 1.54) is 0 Å². The van der Waals surface area contributed by atoms with Gasteiger partial charge in [0.25, 0.3) is 0 Å². The van der Waals surface area contributed by atoms with Crippen LogP contribution in [0.25, 0.3) is 0 Å². The number of hydrogen-bond acceptors (Lipinski definition) is 4. The Morgan fingerprint density at radius 3 is 2.85 bits per heavy atom. The lowest BCUT2D eigenvalue weighted by molar-refractivity contribution is 0.229. The lowest BCUT2D eigenvalue weighted by Crippen LogP contribution is -2.18. The lowest BCUT2D eigenvalue weighted by Gasteiger charge is -2.14. The molecule has 2 rings (SSSR count). The largest absolute Gasteiger partial charge is 0.488 e. The van der Waals surface area contributed by atoms with Gasteiger partial charge in [-0.3, -0.25) is 0 Å². The second kappa shape index (κ2) is 6.78. The molecule has 1 unspecified atom stereocenters. The van der Waals surface area contributed by atoms with Crippen LogP contribution >= 0.6 is 11.6 Å². The van der Waals surface area contributed by atoms with E-state index in [1.807, 2.05) is 18.2 Å². The molecule has 1 aliphatic heterocycles. The first kappa shape index (κ1) is 15.6. The van der Waals surface area contributed by atoms with E-state index in [9.17, 15) is 8.42 Å². The monoisotopic (exact) mass is 317 g/mol. The SMILES string of the molecule is CCCNCc1ccc(OC2CCS(=O)(=O)C2)c(Cl)c1. The molecule has 0 amide bonds. The molecule has 1 aliphatic rings. The van der Waals surface area contributed by atoms with Crippen molar-refractivity contribution in [3.05, 3.63) is 28.8 Å². The number of hydrogen-bond donors (Lipinski definition) is 1. The maximum atomic E-state index is 11.4. The summed E-state index contributed by atoms with van der Waals surface area (Å²) in [6.07, 6.45) is 1.35. The highest BCUT2D eigenvalue weighted by Gasteiger charge is 2.29. The lowest BCUT2D eigenvalue weighted by atomic mass is 10.2. The van der Waals surface area contributed by atoms with Crippen LogP contribution in [0.4, 0.5) is 0 Å². The average molecular weight is 318 g/mol. The van der Waals surface area contributed by atoms with Crippen molar-refractivity contribution in [3.8, 4) is 5.75 Å². The zero-order valence-electron chi connectivity index (χ0n) is 11.6. The van der Waals surface area contributed by atoms with Gasteiger partial charge in [-0.25, -0.2) is 8.42 Å². The van der Waals surface area contributed by atoms with Gasteiger partial charge < -0.3 is 10.1 Å². The van der Waals surface area contributed by atoms with Crippen molar-refractivity contribution in [3.63, 3.8) is 0 Å². The first-order valence-electron chi connectivity index (χ1n) is 6.86. The molecule has 1 N–H and O–H groups in total. The van der Waals surface area contributed by atoms with E-state index < -0.39 is 9.84 Å². The van der Waals surface area contributed by atoms with Crippen molar-refractivity contribution in [1.82, 2.24) is 5.32 Å². The third kappa shape index (κ3) is 4.36. The fraction of sp³-hybridized carbons (Fsp3) is 0.571. The fourth-order valence-electron chi connectivity index (χ4n) is 2.19. The Bertz CT molecular complexity index is 560. The van der Waals surface area contributed by atoms with Crippen molar-refractivity contribution >= 4 is 21.4 Å². The van der Waals surface area contributed by atoms with Gasteiger partial charge in [0.2, 0.25) is 0 Å². The Balaban J connectivity index is 1.96. The summed E-state index contributed by atoms with van der Waals surface area (Å²) in [6.45, 7) is 3.86. The zero-order chi connectivity index (χ0) is 14.6. The fourth-order valence-corrected chi connectivity index (χ4v) is 4.03. The van der Waals surface area contributed by atoms with E-state index in [1.54, 1.807) is 0 Å². The summed E-state index contributed by atoms with van der Waals surface area (Å²) in [5, 5.41) is 3.84. The first-order valence-corrected chi connectivity index (χ1v) is 9.06. The predicted octanol–water partition coefficient (Wildman–Crippen LogP) is 2.41. The van der Waals surface area contributed by atoms with Crippen LogP contribution in [0.2, 0.25) is 5.02 Å². The van der Waals surface area contributed by atoms with E-state index in [-0.39, 0.29) is 17.6 Å². The van der Waals surface area contributed by atoms with Gasteiger partial charge in [0, 0.05) is 6.54 Å². The van der Waals surface area contributed by atoms with Crippen LogP contribution in [0.15, 0.2) is 18.2 Å². The van der Waals surface area contributed by atoms with Gasteiger partial charge in [-0.1, -0.05) is 24.6 Å². The highest BCUT2D eigenvalue weighted by Crippen LogP contribution is 2.28. The topological polar surface area (TPSA) is 55.4 Å². The molecule has 0 spiro atoms. The summed E-state index contributed by atoms with van der Waals surface area (Å²) >= 11 is 6.19. The number of rotatable bonds is 6. The Kier molecular flexibility index (Phi) is 5.29. The van der Waals surface area contributed by atoms with Crippen molar-refractivity contribution in [2.24, 2.45) is 0 Å². The van der Waals surface area contributed by atoms with Gasteiger partial charge in [0.15, 0.2) is 9.84 Å². The molecule has 0 bridgehead atoms. The molecular formula is C14H20ClNO3S. The van der Waals surface area contributed by atoms with Gasteiger partial charge in [-0.05, 0) is 37.1 Å². The summed E-state index contributed by atoms with van der Waals surface area (Å²) in [7, 11) is -2.93. The minimum absolute atomic E-state index is 0.0864. The molecule has 1 saturated heterocycles. The first-order chi connectivity index (χ1) is 9.50. The molecule has 20 heavy (non-hydrogen) atoms. The van der Waals surface area contributed by atoms with Crippen LogP contribution < -0.4 is 10.1 Å². The van der Waals surface area contributed by atoms with Gasteiger partial charge in [-0.15, -0.1) is 0 Å². The maximum Gasteiger partial charge on any atom is 0.154 e. The maximum absolute atomic E-state index is 11.4.